The van der Waals surface area contributed by atoms with Crippen molar-refractivity contribution in [1.29, 1.82) is 0 Å². The van der Waals surface area contributed by atoms with Gasteiger partial charge in [0.2, 0.25) is 0 Å². The van der Waals surface area contributed by atoms with E-state index in [1.54, 1.807) is 20.8 Å². The van der Waals surface area contributed by atoms with Crippen molar-refractivity contribution in [3.63, 3.8) is 0 Å². The largest absolute Gasteiger partial charge is 0.456 e. The summed E-state index contributed by atoms with van der Waals surface area (Å²) in [4.78, 5) is 80.9. The van der Waals surface area contributed by atoms with Crippen LogP contribution >= 0.6 is 0 Å². The van der Waals surface area contributed by atoms with Crippen molar-refractivity contribution in [2.45, 2.75) is 200 Å². The monoisotopic (exact) mass is 1070 g/mol. The van der Waals surface area contributed by atoms with E-state index < -0.39 is 48.7 Å². The lowest BCUT2D eigenvalue weighted by atomic mass is 9.50. The molecule has 0 spiro atoms. The van der Waals surface area contributed by atoms with Crippen LogP contribution in [0.2, 0.25) is 0 Å². The average Bonchev–Trinajstić information content (AvgIpc) is 3.84. The summed E-state index contributed by atoms with van der Waals surface area (Å²) in [6, 6.07) is 0. The Bertz CT molecular complexity index is 2160. The zero-order valence-electron chi connectivity index (χ0n) is 47.4. The number of hydrogen-bond acceptors (Lipinski definition) is 15. The second kappa shape index (κ2) is 25.6. The number of esters is 7. The molecule has 13 rings (SSSR count). The van der Waals surface area contributed by atoms with Crippen LogP contribution in [0.5, 0.6) is 0 Å². The lowest BCUT2D eigenvalue weighted by molar-refractivity contribution is -0.207. The highest BCUT2D eigenvalue weighted by atomic mass is 16.7. The van der Waals surface area contributed by atoms with E-state index in [4.69, 9.17) is 33.2 Å². The van der Waals surface area contributed by atoms with Gasteiger partial charge in [0.15, 0.2) is 26.6 Å². The molecule has 0 aromatic rings. The molecule has 0 aromatic carbocycles. The van der Waals surface area contributed by atoms with Crippen LogP contribution in [0.1, 0.15) is 177 Å². The molecule has 0 N–H and O–H groups in total. The van der Waals surface area contributed by atoms with Crippen LogP contribution in [0, 0.1) is 71.0 Å². The number of ether oxygens (including phenoxy) is 8. The van der Waals surface area contributed by atoms with Gasteiger partial charge in [0, 0.05) is 22.3 Å². The Morgan fingerprint density at radius 3 is 1.09 bits per heavy atom. The molecule has 0 unspecified atom stereocenters. The number of carbonyl (C=O) groups is 7. The summed E-state index contributed by atoms with van der Waals surface area (Å²) in [6.07, 6.45) is 24.4. The van der Waals surface area contributed by atoms with E-state index in [1.165, 1.54) is 90.4 Å². The molecule has 15 heteroatoms. The molecular formula is C62H90O15. The molecular weight excluding hydrogens is 985 g/mol. The van der Waals surface area contributed by atoms with E-state index in [0.29, 0.717) is 58.3 Å². The Kier molecular flexibility index (Phi) is 19.9. The number of carbonyl (C=O) groups excluding carboxylic acids is 7. The van der Waals surface area contributed by atoms with Gasteiger partial charge in [-0.1, -0.05) is 33.2 Å². The minimum atomic E-state index is -0.776. The molecule has 0 amide bonds. The van der Waals surface area contributed by atoms with E-state index in [-0.39, 0.29) is 42.1 Å². The van der Waals surface area contributed by atoms with E-state index >= 15 is 0 Å². The molecule has 77 heavy (non-hydrogen) atoms. The number of rotatable bonds is 17. The van der Waals surface area contributed by atoms with Crippen molar-refractivity contribution in [3.8, 4) is 0 Å². The lowest BCUT2D eigenvalue weighted by Crippen LogP contribution is -2.58. The van der Waals surface area contributed by atoms with Crippen molar-refractivity contribution < 1.29 is 71.5 Å². The first-order chi connectivity index (χ1) is 36.4. The fraction of sp³-hybridized carbons (Fsp3) is 0.758. The van der Waals surface area contributed by atoms with Gasteiger partial charge in [-0.25, -0.2) is 33.6 Å². The SMILES string of the molecule is C=C(C)C(=O)OC1(CC)CCCC1.C=C(C)C(=O)OCC(=O)OC1(C)C2CC3CC(C2)CC1C3.C=C(C)C(=O)OCC(=O)OCC(=O)OC1(C)C2CC3CC(C2)CC1C3.C=C(C)C(=O)OCOC1C2CC3CC(C2)CC1C3. The van der Waals surface area contributed by atoms with Crippen LogP contribution in [0.25, 0.3) is 0 Å². The van der Waals surface area contributed by atoms with Crippen molar-refractivity contribution in [2.24, 2.45) is 71.0 Å². The maximum Gasteiger partial charge on any atom is 0.344 e. The summed E-state index contributed by atoms with van der Waals surface area (Å²) >= 11 is 0. The molecule has 0 aliphatic heterocycles. The van der Waals surface area contributed by atoms with Crippen LogP contribution in [-0.4, -0.2) is 91.3 Å². The molecule has 13 fully saturated rings. The molecule has 0 saturated heterocycles. The Morgan fingerprint density at radius 2 is 0.740 bits per heavy atom. The van der Waals surface area contributed by atoms with E-state index in [9.17, 15) is 33.6 Å². The second-order valence-electron chi connectivity index (χ2n) is 25.6. The lowest BCUT2D eigenvalue weighted by Gasteiger charge is -2.59. The zero-order chi connectivity index (χ0) is 56.0. The minimum absolute atomic E-state index is 0.0959. The highest BCUT2D eigenvalue weighted by molar-refractivity contribution is 5.89. The van der Waals surface area contributed by atoms with E-state index in [1.807, 2.05) is 6.92 Å². The summed E-state index contributed by atoms with van der Waals surface area (Å²) < 4.78 is 42.4. The quantitative estimate of drug-likeness (QED) is 0.0577. The van der Waals surface area contributed by atoms with Gasteiger partial charge in [-0.3, -0.25) is 0 Å². The van der Waals surface area contributed by atoms with Crippen LogP contribution in [0.15, 0.2) is 48.6 Å². The van der Waals surface area contributed by atoms with Crippen LogP contribution < -0.4 is 0 Å². The van der Waals surface area contributed by atoms with Crippen molar-refractivity contribution in [3.05, 3.63) is 48.6 Å². The van der Waals surface area contributed by atoms with Gasteiger partial charge < -0.3 is 37.9 Å². The predicted molar refractivity (Wildman–Crippen MR) is 286 cm³/mol. The molecule has 15 nitrogen and oxygen atoms in total. The highest BCUT2D eigenvalue weighted by Crippen LogP contribution is 2.61. The molecule has 0 heterocycles. The fourth-order valence-electron chi connectivity index (χ4n) is 16.1. The van der Waals surface area contributed by atoms with Gasteiger partial charge in [-0.2, -0.15) is 0 Å². The molecule has 0 atom stereocenters. The summed E-state index contributed by atoms with van der Waals surface area (Å²) in [6.45, 7) is 25.5. The maximum absolute atomic E-state index is 12.2. The van der Waals surface area contributed by atoms with Gasteiger partial charge in [0.05, 0.1) is 6.10 Å². The average molecular weight is 1080 g/mol. The Balaban J connectivity index is 0.000000153. The summed E-state index contributed by atoms with van der Waals surface area (Å²) in [5, 5.41) is 0. The highest BCUT2D eigenvalue weighted by Gasteiger charge is 2.58. The first-order valence-electron chi connectivity index (χ1n) is 29.0. The standard InChI is InChI=1S/C19H26O6.C17H24O4.C15H22O3.C11H18O2/c1-11(2)18(22)24-9-16(20)23-10-17(21)25-19(3)14-5-12-4-13(7-14)8-15(19)6-12;1-10(2)16(19)20-9-15(18)21-17(3)13-5-11-4-12(7-13)8-14(17)6-11;1-9(2)15(16)18-8-17-14-12-4-10-3-11(6-12)7-13(14)5-10;1-4-11(7-5-6-8-11)13-10(12)9(2)3/h12-15H,1,4-10H2,2-3H3;11-14H,1,4-9H2,2-3H3;10-14H,1,3-8H2,2H3;2,4-8H2,1,3H3. The second-order valence-corrected chi connectivity index (χ2v) is 25.6. The van der Waals surface area contributed by atoms with Gasteiger partial charge >= 0.3 is 41.8 Å². The Morgan fingerprint density at radius 1 is 0.416 bits per heavy atom. The topological polar surface area (TPSA) is 193 Å². The smallest absolute Gasteiger partial charge is 0.344 e. The van der Waals surface area contributed by atoms with Gasteiger partial charge in [0.25, 0.3) is 0 Å². The van der Waals surface area contributed by atoms with Crippen molar-refractivity contribution in [2.75, 3.05) is 26.6 Å². The molecule has 13 aliphatic carbocycles. The number of hydrogen-bond donors (Lipinski definition) is 0. The minimum Gasteiger partial charge on any atom is -0.456 e. The Labute approximate surface area is 457 Å². The summed E-state index contributed by atoms with van der Waals surface area (Å²) in [7, 11) is 0. The zero-order valence-corrected chi connectivity index (χ0v) is 47.4. The van der Waals surface area contributed by atoms with Gasteiger partial charge in [-0.05, 0) is 241 Å². The first kappa shape index (κ1) is 59.9. The van der Waals surface area contributed by atoms with Crippen LogP contribution in [0.3, 0.4) is 0 Å². The molecule has 13 saturated carbocycles. The van der Waals surface area contributed by atoms with E-state index in [0.717, 1.165) is 80.5 Å². The van der Waals surface area contributed by atoms with E-state index in [2.05, 4.69) is 44.9 Å². The fourth-order valence-corrected chi connectivity index (χ4v) is 16.1. The first-order valence-corrected chi connectivity index (χ1v) is 29.0. The van der Waals surface area contributed by atoms with Crippen molar-refractivity contribution >= 4 is 41.8 Å². The predicted octanol–water partition coefficient (Wildman–Crippen LogP) is 11.0. The third-order valence-electron chi connectivity index (χ3n) is 19.6. The molecule has 13 aliphatic rings. The van der Waals surface area contributed by atoms with Crippen molar-refractivity contribution in [1.82, 2.24) is 0 Å². The normalized spacial score (nSPS) is 35.2. The summed E-state index contributed by atoms with van der Waals surface area (Å²) in [5.41, 5.74) is 0.452. The molecule has 0 aromatic heterocycles. The van der Waals surface area contributed by atoms with Crippen LogP contribution in [0.4, 0.5) is 0 Å². The third-order valence-corrected chi connectivity index (χ3v) is 19.6. The summed E-state index contributed by atoms with van der Waals surface area (Å²) in [5.74, 6) is 4.83. The maximum atomic E-state index is 12.2. The molecule has 12 bridgehead atoms. The van der Waals surface area contributed by atoms with Gasteiger partial charge in [0.1, 0.15) is 16.8 Å². The van der Waals surface area contributed by atoms with Gasteiger partial charge in [-0.15, -0.1) is 0 Å². The molecule has 428 valence electrons. The third kappa shape index (κ3) is 14.9. The van der Waals surface area contributed by atoms with Crippen LogP contribution in [-0.2, 0) is 71.5 Å². The molecule has 0 radical (unpaired) electrons. The Hall–Kier alpha value is -4.79.